The summed E-state index contributed by atoms with van der Waals surface area (Å²) in [6.07, 6.45) is 3.40. The Balaban J connectivity index is 3.22. The molecule has 0 unspecified atom stereocenters. The zero-order valence-electron chi connectivity index (χ0n) is 6.13. The second kappa shape index (κ2) is 3.39. The summed E-state index contributed by atoms with van der Waals surface area (Å²) < 4.78 is 0. The molecule has 0 atom stereocenters. The summed E-state index contributed by atoms with van der Waals surface area (Å²) in [4.78, 5) is 17.5. The zero-order valence-corrected chi connectivity index (χ0v) is 6.94. The van der Waals surface area contributed by atoms with E-state index in [-0.39, 0.29) is 5.56 Å². The lowest BCUT2D eigenvalue weighted by molar-refractivity contribution is 0.931. The summed E-state index contributed by atoms with van der Waals surface area (Å²) in [7, 11) is 0. The van der Waals surface area contributed by atoms with Crippen LogP contribution in [0.15, 0.2) is 22.6 Å². The molecule has 0 bridgehead atoms. The Labute approximate surface area is 68.6 Å². The Bertz CT molecular complexity index is 318. The lowest BCUT2D eigenvalue weighted by Gasteiger charge is -1.95. The van der Waals surface area contributed by atoms with Crippen LogP contribution in [0.25, 0.3) is 6.08 Å². The van der Waals surface area contributed by atoms with E-state index in [9.17, 15) is 4.79 Å². The Morgan fingerprint density at radius 3 is 3.09 bits per heavy atom. The summed E-state index contributed by atoms with van der Waals surface area (Å²) in [6.45, 7) is 3.52. The molecule has 1 aromatic rings. The highest BCUT2D eigenvalue weighted by molar-refractivity contribution is 7.98. The SMILES string of the molecule is C=Cc1cc(=O)[nH]c(SC)n1. The standard InChI is InChI=1S/C7H8N2OS/c1-3-5-4-6(10)9-7(8-5)11-2/h3-4H,1H2,2H3,(H,8,9,10). The summed E-state index contributed by atoms with van der Waals surface area (Å²) in [6, 6.07) is 1.41. The molecule has 0 amide bonds. The van der Waals surface area contributed by atoms with Crippen LogP contribution in [0.3, 0.4) is 0 Å². The molecule has 0 aliphatic rings. The van der Waals surface area contributed by atoms with Gasteiger partial charge in [0.05, 0.1) is 5.69 Å². The smallest absolute Gasteiger partial charge is 0.252 e. The summed E-state index contributed by atoms with van der Waals surface area (Å²) >= 11 is 1.40. The molecule has 0 aliphatic heterocycles. The molecule has 0 saturated carbocycles. The van der Waals surface area contributed by atoms with Gasteiger partial charge in [-0.1, -0.05) is 18.3 Å². The normalized spacial score (nSPS) is 9.55. The average molecular weight is 168 g/mol. The Morgan fingerprint density at radius 2 is 2.55 bits per heavy atom. The van der Waals surface area contributed by atoms with Gasteiger partial charge in [0.25, 0.3) is 5.56 Å². The van der Waals surface area contributed by atoms with Crippen LogP contribution in [-0.2, 0) is 0 Å². The van der Waals surface area contributed by atoms with Crippen molar-refractivity contribution >= 4 is 17.8 Å². The minimum atomic E-state index is -0.140. The maximum absolute atomic E-state index is 10.9. The molecular formula is C7H8N2OS. The van der Waals surface area contributed by atoms with E-state index < -0.39 is 0 Å². The van der Waals surface area contributed by atoms with Crippen molar-refractivity contribution in [3.63, 3.8) is 0 Å². The third kappa shape index (κ3) is 1.94. The first kappa shape index (κ1) is 8.07. The molecule has 0 fully saturated rings. The highest BCUT2D eigenvalue weighted by atomic mass is 32.2. The first-order valence-corrected chi connectivity index (χ1v) is 4.26. The summed E-state index contributed by atoms with van der Waals surface area (Å²) in [5.74, 6) is 0. The molecule has 1 aromatic heterocycles. The van der Waals surface area contributed by atoms with Crippen LogP contribution in [0.1, 0.15) is 5.69 Å². The highest BCUT2D eigenvalue weighted by Gasteiger charge is 1.94. The van der Waals surface area contributed by atoms with E-state index in [4.69, 9.17) is 0 Å². The number of aromatic amines is 1. The van der Waals surface area contributed by atoms with Crippen molar-refractivity contribution in [1.29, 1.82) is 0 Å². The lowest BCUT2D eigenvalue weighted by Crippen LogP contribution is -2.07. The molecule has 0 saturated heterocycles. The van der Waals surface area contributed by atoms with Crippen LogP contribution < -0.4 is 5.56 Å². The van der Waals surface area contributed by atoms with Crippen LogP contribution in [0.2, 0.25) is 0 Å². The molecule has 1 heterocycles. The van der Waals surface area contributed by atoms with E-state index >= 15 is 0 Å². The van der Waals surface area contributed by atoms with Gasteiger partial charge >= 0.3 is 0 Å². The zero-order chi connectivity index (χ0) is 8.27. The minimum absolute atomic E-state index is 0.140. The van der Waals surface area contributed by atoms with Crippen molar-refractivity contribution in [2.24, 2.45) is 0 Å². The molecule has 0 aliphatic carbocycles. The van der Waals surface area contributed by atoms with Gasteiger partial charge < -0.3 is 4.98 Å². The molecule has 4 heteroatoms. The van der Waals surface area contributed by atoms with Crippen LogP contribution in [-0.4, -0.2) is 16.2 Å². The van der Waals surface area contributed by atoms with Crippen molar-refractivity contribution < 1.29 is 0 Å². The van der Waals surface area contributed by atoms with E-state index in [1.54, 1.807) is 6.08 Å². The Kier molecular flexibility index (Phi) is 2.48. The number of H-pyrrole nitrogens is 1. The number of nitrogens with zero attached hydrogens (tertiary/aromatic N) is 1. The fraction of sp³-hybridized carbons (Fsp3) is 0.143. The predicted octanol–water partition coefficient (Wildman–Crippen LogP) is 1.13. The van der Waals surface area contributed by atoms with Gasteiger partial charge in [0, 0.05) is 6.07 Å². The fourth-order valence-electron chi connectivity index (χ4n) is 0.655. The second-order valence-electron chi connectivity index (χ2n) is 1.88. The van der Waals surface area contributed by atoms with Crippen LogP contribution in [0.5, 0.6) is 0 Å². The molecule has 3 nitrogen and oxygen atoms in total. The fourth-order valence-corrected chi connectivity index (χ4v) is 1.05. The van der Waals surface area contributed by atoms with Crippen molar-refractivity contribution in [2.75, 3.05) is 6.26 Å². The first-order chi connectivity index (χ1) is 5.26. The maximum atomic E-state index is 10.9. The summed E-state index contributed by atoms with van der Waals surface area (Å²) in [5.41, 5.74) is 0.470. The Hall–Kier alpha value is -1.03. The monoisotopic (exact) mass is 168 g/mol. The van der Waals surface area contributed by atoms with E-state index in [0.717, 1.165) is 0 Å². The molecule has 0 aromatic carbocycles. The summed E-state index contributed by atoms with van der Waals surface area (Å²) in [5, 5.41) is 0.618. The maximum Gasteiger partial charge on any atom is 0.252 e. The number of nitrogens with one attached hydrogen (secondary N) is 1. The third-order valence-corrected chi connectivity index (χ3v) is 1.72. The molecule has 1 rings (SSSR count). The minimum Gasteiger partial charge on any atom is -0.301 e. The predicted molar refractivity (Wildman–Crippen MR) is 46.7 cm³/mol. The third-order valence-electron chi connectivity index (χ3n) is 1.14. The van der Waals surface area contributed by atoms with Crippen LogP contribution in [0.4, 0.5) is 0 Å². The quantitative estimate of drug-likeness (QED) is 0.532. The van der Waals surface area contributed by atoms with Crippen molar-refractivity contribution in [3.05, 3.63) is 28.7 Å². The number of hydrogen-bond acceptors (Lipinski definition) is 3. The van der Waals surface area contributed by atoms with E-state index in [2.05, 4.69) is 16.5 Å². The van der Waals surface area contributed by atoms with E-state index in [1.165, 1.54) is 17.8 Å². The molecule has 58 valence electrons. The molecule has 0 radical (unpaired) electrons. The van der Waals surface area contributed by atoms with Gasteiger partial charge in [0.2, 0.25) is 0 Å². The topological polar surface area (TPSA) is 45.8 Å². The van der Waals surface area contributed by atoms with Crippen LogP contribution in [0, 0.1) is 0 Å². The average Bonchev–Trinajstić information content (AvgIpc) is 2.03. The van der Waals surface area contributed by atoms with Gasteiger partial charge in [-0.3, -0.25) is 4.79 Å². The molecule has 1 N–H and O–H groups in total. The number of thioether (sulfide) groups is 1. The van der Waals surface area contributed by atoms with Gasteiger partial charge in [0.1, 0.15) is 0 Å². The van der Waals surface area contributed by atoms with Crippen molar-refractivity contribution in [3.8, 4) is 0 Å². The van der Waals surface area contributed by atoms with Gasteiger partial charge in [-0.25, -0.2) is 4.98 Å². The molecule has 11 heavy (non-hydrogen) atoms. The molecule has 0 spiro atoms. The second-order valence-corrected chi connectivity index (χ2v) is 2.68. The van der Waals surface area contributed by atoms with E-state index in [1.807, 2.05) is 6.26 Å². The van der Waals surface area contributed by atoms with Gasteiger partial charge in [-0.05, 0) is 12.3 Å². The number of rotatable bonds is 2. The van der Waals surface area contributed by atoms with Crippen molar-refractivity contribution in [2.45, 2.75) is 5.16 Å². The highest BCUT2D eigenvalue weighted by Crippen LogP contribution is 2.05. The van der Waals surface area contributed by atoms with Crippen molar-refractivity contribution in [1.82, 2.24) is 9.97 Å². The first-order valence-electron chi connectivity index (χ1n) is 3.04. The Morgan fingerprint density at radius 1 is 1.82 bits per heavy atom. The van der Waals surface area contributed by atoms with Gasteiger partial charge in [-0.2, -0.15) is 0 Å². The number of hydrogen-bond donors (Lipinski definition) is 1. The van der Waals surface area contributed by atoms with E-state index in [0.29, 0.717) is 10.9 Å². The van der Waals surface area contributed by atoms with Gasteiger partial charge in [0.15, 0.2) is 5.16 Å². The van der Waals surface area contributed by atoms with Gasteiger partial charge in [-0.15, -0.1) is 0 Å². The molecular weight excluding hydrogens is 160 g/mol. The lowest BCUT2D eigenvalue weighted by atomic mass is 10.4. The number of aromatic nitrogens is 2. The van der Waals surface area contributed by atoms with Crippen LogP contribution >= 0.6 is 11.8 Å². The largest absolute Gasteiger partial charge is 0.301 e.